The van der Waals surface area contributed by atoms with Gasteiger partial charge in [-0.1, -0.05) is 23.7 Å². The van der Waals surface area contributed by atoms with E-state index in [1.54, 1.807) is 6.20 Å². The van der Waals surface area contributed by atoms with E-state index in [1.807, 2.05) is 49.1 Å². The number of hydrogen-bond acceptors (Lipinski definition) is 6. The Morgan fingerprint density at radius 3 is 2.63 bits per heavy atom. The monoisotopic (exact) mass is 425 g/mol. The molecule has 3 aromatic rings. The molecule has 1 saturated heterocycles. The van der Waals surface area contributed by atoms with Crippen LogP contribution in [0.25, 0.3) is 11.3 Å². The van der Waals surface area contributed by atoms with Gasteiger partial charge in [0.2, 0.25) is 5.91 Å². The van der Waals surface area contributed by atoms with Gasteiger partial charge in [-0.25, -0.2) is 15.0 Å². The lowest BCUT2D eigenvalue weighted by molar-refractivity contribution is -0.131. The fraction of sp³-hybridized carbons (Fsp3) is 0.364. The number of halogens is 1. The highest BCUT2D eigenvalue weighted by Crippen LogP contribution is 2.28. The molecule has 1 aromatic carbocycles. The molecule has 0 spiro atoms. The van der Waals surface area contributed by atoms with Crippen molar-refractivity contribution in [3.05, 3.63) is 59.0 Å². The Morgan fingerprint density at radius 1 is 1.13 bits per heavy atom. The van der Waals surface area contributed by atoms with E-state index in [1.165, 1.54) is 0 Å². The summed E-state index contributed by atoms with van der Waals surface area (Å²) >= 11 is 6.21. The molecule has 8 heteroatoms. The third-order valence-corrected chi connectivity index (χ3v) is 5.48. The normalized spacial score (nSPS) is 14.2. The molecule has 0 unspecified atom stereocenters. The number of carbonyl (C=O) groups is 1. The van der Waals surface area contributed by atoms with Gasteiger partial charge in [0.1, 0.15) is 11.6 Å². The van der Waals surface area contributed by atoms with Gasteiger partial charge >= 0.3 is 0 Å². The second-order valence-corrected chi connectivity index (χ2v) is 7.79. The van der Waals surface area contributed by atoms with Crippen molar-refractivity contribution in [2.75, 3.05) is 31.1 Å². The van der Waals surface area contributed by atoms with E-state index in [-0.39, 0.29) is 5.91 Å². The average Bonchev–Trinajstić information content (AvgIpc) is 3.20. The minimum atomic E-state index is 0.113. The number of aryl methyl sites for hydroxylation is 3. The largest absolute Gasteiger partial charge is 0.441 e. The second-order valence-electron chi connectivity index (χ2n) is 7.38. The summed E-state index contributed by atoms with van der Waals surface area (Å²) in [5, 5.41) is 0.614. The third-order valence-electron chi connectivity index (χ3n) is 5.15. The molecule has 0 bridgehead atoms. The molecule has 1 aliphatic heterocycles. The van der Waals surface area contributed by atoms with E-state index >= 15 is 0 Å². The van der Waals surface area contributed by atoms with E-state index in [0.717, 1.165) is 36.0 Å². The predicted octanol–water partition coefficient (Wildman–Crippen LogP) is 3.68. The highest BCUT2D eigenvalue weighted by molar-refractivity contribution is 6.33. The van der Waals surface area contributed by atoms with Crippen LogP contribution < -0.4 is 4.90 Å². The summed E-state index contributed by atoms with van der Waals surface area (Å²) in [6.07, 6.45) is 2.49. The quantitative estimate of drug-likeness (QED) is 0.620. The van der Waals surface area contributed by atoms with Crippen LogP contribution in [0.2, 0.25) is 5.02 Å². The van der Waals surface area contributed by atoms with Gasteiger partial charge in [0, 0.05) is 56.3 Å². The van der Waals surface area contributed by atoms with Crippen molar-refractivity contribution in [1.82, 2.24) is 19.9 Å². The van der Waals surface area contributed by atoms with Gasteiger partial charge in [-0.05, 0) is 26.0 Å². The van der Waals surface area contributed by atoms with E-state index in [9.17, 15) is 4.79 Å². The van der Waals surface area contributed by atoms with Crippen LogP contribution in [-0.4, -0.2) is 51.9 Å². The maximum atomic E-state index is 12.6. The fourth-order valence-electron chi connectivity index (χ4n) is 3.63. The minimum Gasteiger partial charge on any atom is -0.441 e. The molecule has 7 nitrogen and oxygen atoms in total. The summed E-state index contributed by atoms with van der Waals surface area (Å²) < 4.78 is 5.80. The van der Waals surface area contributed by atoms with Crippen LogP contribution in [0, 0.1) is 13.8 Å². The number of aromatic nitrogens is 3. The molecular weight excluding hydrogens is 402 g/mol. The Kier molecular flexibility index (Phi) is 5.99. The molecule has 0 saturated carbocycles. The number of oxazole rings is 1. The van der Waals surface area contributed by atoms with Crippen molar-refractivity contribution in [2.24, 2.45) is 0 Å². The van der Waals surface area contributed by atoms with Gasteiger partial charge in [-0.15, -0.1) is 0 Å². The fourth-order valence-corrected chi connectivity index (χ4v) is 3.86. The first-order chi connectivity index (χ1) is 14.5. The minimum absolute atomic E-state index is 0.113. The number of hydrogen-bond donors (Lipinski definition) is 0. The zero-order valence-corrected chi connectivity index (χ0v) is 17.9. The standard InChI is InChI=1S/C22H24ClN5O2/c1-15-13-20(26-16(2)25-15)27-9-11-28(12-10-27)22(29)8-7-21-24-14-19(30-21)17-5-3-4-6-18(17)23/h3-6,13-14H,7-12H2,1-2H3. The lowest BCUT2D eigenvalue weighted by atomic mass is 10.2. The number of nitrogens with zero attached hydrogens (tertiary/aromatic N) is 5. The first-order valence-electron chi connectivity index (χ1n) is 10.0. The maximum absolute atomic E-state index is 12.6. The van der Waals surface area contributed by atoms with Crippen LogP contribution in [0.1, 0.15) is 23.8 Å². The first-order valence-corrected chi connectivity index (χ1v) is 10.4. The summed E-state index contributed by atoms with van der Waals surface area (Å²) in [5.41, 5.74) is 1.76. The molecule has 0 radical (unpaired) electrons. The van der Waals surface area contributed by atoms with Crippen LogP contribution in [0.15, 0.2) is 40.9 Å². The Morgan fingerprint density at radius 2 is 1.90 bits per heavy atom. The summed E-state index contributed by atoms with van der Waals surface area (Å²) in [6.45, 7) is 6.75. The zero-order valence-electron chi connectivity index (χ0n) is 17.1. The molecule has 2 aromatic heterocycles. The van der Waals surface area contributed by atoms with Gasteiger partial charge in [0.05, 0.1) is 11.2 Å². The number of carbonyl (C=O) groups excluding carboxylic acids is 1. The summed E-state index contributed by atoms with van der Waals surface area (Å²) in [7, 11) is 0. The molecular formula is C22H24ClN5O2. The highest BCUT2D eigenvalue weighted by Gasteiger charge is 2.22. The van der Waals surface area contributed by atoms with Crippen molar-refractivity contribution in [2.45, 2.75) is 26.7 Å². The molecule has 1 aliphatic rings. The smallest absolute Gasteiger partial charge is 0.223 e. The van der Waals surface area contributed by atoms with Gasteiger partial charge in [-0.3, -0.25) is 4.79 Å². The molecule has 0 atom stereocenters. The number of rotatable bonds is 5. The van der Waals surface area contributed by atoms with E-state index in [2.05, 4.69) is 19.9 Å². The Bertz CT molecular complexity index is 1020. The summed E-state index contributed by atoms with van der Waals surface area (Å²) in [4.78, 5) is 29.9. The van der Waals surface area contributed by atoms with Crippen molar-refractivity contribution in [1.29, 1.82) is 0 Å². The number of piperazine rings is 1. The zero-order chi connectivity index (χ0) is 21.1. The van der Waals surface area contributed by atoms with Crippen molar-refractivity contribution in [3.63, 3.8) is 0 Å². The van der Waals surface area contributed by atoms with Crippen LogP contribution in [0.4, 0.5) is 5.82 Å². The number of amides is 1. The maximum Gasteiger partial charge on any atom is 0.223 e. The summed E-state index contributed by atoms with van der Waals surface area (Å²) in [5.74, 6) is 2.97. The highest BCUT2D eigenvalue weighted by atomic mass is 35.5. The second kappa shape index (κ2) is 8.83. The number of benzene rings is 1. The van der Waals surface area contributed by atoms with Crippen molar-refractivity contribution >= 4 is 23.3 Å². The van der Waals surface area contributed by atoms with E-state index in [4.69, 9.17) is 16.0 Å². The van der Waals surface area contributed by atoms with Crippen molar-refractivity contribution in [3.8, 4) is 11.3 Å². The first kappa shape index (κ1) is 20.3. The molecule has 0 N–H and O–H groups in total. The van der Waals surface area contributed by atoms with Gasteiger partial charge < -0.3 is 14.2 Å². The molecule has 4 rings (SSSR count). The van der Waals surface area contributed by atoms with Crippen LogP contribution >= 0.6 is 11.6 Å². The molecule has 3 heterocycles. The van der Waals surface area contributed by atoms with Gasteiger partial charge in [0.25, 0.3) is 0 Å². The predicted molar refractivity (Wildman–Crippen MR) is 116 cm³/mol. The Hall–Kier alpha value is -2.93. The van der Waals surface area contributed by atoms with Crippen LogP contribution in [0.3, 0.4) is 0 Å². The van der Waals surface area contributed by atoms with Crippen LogP contribution in [-0.2, 0) is 11.2 Å². The molecule has 156 valence electrons. The number of anilines is 1. The third kappa shape index (κ3) is 4.62. The van der Waals surface area contributed by atoms with E-state index < -0.39 is 0 Å². The lowest BCUT2D eigenvalue weighted by Gasteiger charge is -2.35. The van der Waals surface area contributed by atoms with Gasteiger partial charge in [0.15, 0.2) is 11.7 Å². The van der Waals surface area contributed by atoms with E-state index in [0.29, 0.717) is 42.6 Å². The van der Waals surface area contributed by atoms with Gasteiger partial charge in [-0.2, -0.15) is 0 Å². The SMILES string of the molecule is Cc1cc(N2CCN(C(=O)CCc3ncc(-c4ccccc4Cl)o3)CC2)nc(C)n1. The molecule has 1 amide bonds. The Balaban J connectivity index is 1.30. The van der Waals surface area contributed by atoms with Crippen molar-refractivity contribution < 1.29 is 9.21 Å². The molecule has 30 heavy (non-hydrogen) atoms. The summed E-state index contributed by atoms with van der Waals surface area (Å²) in [6, 6.07) is 9.46. The average molecular weight is 426 g/mol. The van der Waals surface area contributed by atoms with Crippen LogP contribution in [0.5, 0.6) is 0 Å². The molecule has 0 aliphatic carbocycles. The topological polar surface area (TPSA) is 75.4 Å². The lowest BCUT2D eigenvalue weighted by Crippen LogP contribution is -2.49. The molecule has 1 fully saturated rings. The Labute approximate surface area is 180 Å².